The number of amides is 1. The summed E-state index contributed by atoms with van der Waals surface area (Å²) in [4.78, 5) is 18.5. The smallest absolute Gasteiger partial charge is 0.225 e. The molecule has 2 heterocycles. The number of likely N-dealkylation sites (N-methyl/N-ethyl adjacent to an activating group) is 1. The van der Waals surface area contributed by atoms with Gasteiger partial charge in [0.1, 0.15) is 0 Å². The Hall–Kier alpha value is -1.42. The fourth-order valence-corrected chi connectivity index (χ4v) is 2.61. The molecule has 1 aromatic heterocycles. The van der Waals surface area contributed by atoms with Crippen LogP contribution in [0.5, 0.6) is 0 Å². The Morgan fingerprint density at radius 1 is 1.53 bits per heavy atom. The molecular formula is C15H23N3O. The van der Waals surface area contributed by atoms with Gasteiger partial charge in [0.2, 0.25) is 5.91 Å². The van der Waals surface area contributed by atoms with Crippen molar-refractivity contribution in [2.24, 2.45) is 5.92 Å². The van der Waals surface area contributed by atoms with Crippen molar-refractivity contribution in [2.75, 3.05) is 20.1 Å². The number of carbonyl (C=O) groups excluding carboxylic acids is 1. The molecule has 2 unspecified atom stereocenters. The number of piperidine rings is 1. The SMILES string of the molecule is CC1CC(C(=O)N(C)CCc2ccccn2)CCN1. The summed E-state index contributed by atoms with van der Waals surface area (Å²) in [5.41, 5.74) is 1.04. The van der Waals surface area contributed by atoms with Crippen molar-refractivity contribution in [3.8, 4) is 0 Å². The zero-order valence-electron chi connectivity index (χ0n) is 11.8. The van der Waals surface area contributed by atoms with Crippen molar-refractivity contribution >= 4 is 5.91 Å². The first kappa shape index (κ1) is 14.0. The summed E-state index contributed by atoms with van der Waals surface area (Å²) in [5.74, 6) is 0.467. The maximum atomic E-state index is 12.3. The molecular weight excluding hydrogens is 238 g/mol. The molecule has 2 rings (SSSR count). The standard InChI is InChI=1S/C15H23N3O/c1-12-11-13(6-9-16-12)15(19)18(2)10-7-14-5-3-4-8-17-14/h3-5,8,12-13,16H,6-7,9-11H2,1-2H3. The summed E-state index contributed by atoms with van der Waals surface area (Å²) >= 11 is 0. The van der Waals surface area contributed by atoms with Gasteiger partial charge in [-0.05, 0) is 38.4 Å². The van der Waals surface area contributed by atoms with E-state index in [4.69, 9.17) is 0 Å². The van der Waals surface area contributed by atoms with Crippen LogP contribution < -0.4 is 5.32 Å². The first-order valence-electron chi connectivity index (χ1n) is 7.05. The average molecular weight is 261 g/mol. The maximum absolute atomic E-state index is 12.3. The molecule has 1 fully saturated rings. The van der Waals surface area contributed by atoms with E-state index < -0.39 is 0 Å². The molecule has 0 radical (unpaired) electrons. The second-order valence-electron chi connectivity index (χ2n) is 5.41. The minimum Gasteiger partial charge on any atom is -0.345 e. The van der Waals surface area contributed by atoms with E-state index in [0.29, 0.717) is 6.04 Å². The van der Waals surface area contributed by atoms with E-state index >= 15 is 0 Å². The zero-order valence-corrected chi connectivity index (χ0v) is 11.8. The highest BCUT2D eigenvalue weighted by Gasteiger charge is 2.26. The monoisotopic (exact) mass is 261 g/mol. The van der Waals surface area contributed by atoms with Gasteiger partial charge in [0, 0.05) is 43.9 Å². The predicted molar refractivity (Wildman–Crippen MR) is 75.8 cm³/mol. The van der Waals surface area contributed by atoms with Gasteiger partial charge in [-0.25, -0.2) is 0 Å². The number of carbonyl (C=O) groups is 1. The van der Waals surface area contributed by atoms with Gasteiger partial charge in [0.15, 0.2) is 0 Å². The van der Waals surface area contributed by atoms with Gasteiger partial charge in [-0.3, -0.25) is 9.78 Å². The van der Waals surface area contributed by atoms with Crippen molar-refractivity contribution in [3.63, 3.8) is 0 Å². The first-order valence-corrected chi connectivity index (χ1v) is 7.05. The Morgan fingerprint density at radius 3 is 3.05 bits per heavy atom. The van der Waals surface area contributed by atoms with Crippen LogP contribution in [0.1, 0.15) is 25.5 Å². The van der Waals surface area contributed by atoms with Gasteiger partial charge >= 0.3 is 0 Å². The van der Waals surface area contributed by atoms with Crippen LogP contribution in [0.4, 0.5) is 0 Å². The molecule has 4 nitrogen and oxygen atoms in total. The minimum absolute atomic E-state index is 0.185. The highest BCUT2D eigenvalue weighted by molar-refractivity contribution is 5.78. The molecule has 1 aliphatic rings. The molecule has 104 valence electrons. The summed E-state index contributed by atoms with van der Waals surface area (Å²) in [6.07, 6.45) is 4.53. The van der Waals surface area contributed by atoms with Crippen LogP contribution in [0.3, 0.4) is 0 Å². The topological polar surface area (TPSA) is 45.2 Å². The second-order valence-corrected chi connectivity index (χ2v) is 5.41. The molecule has 1 aromatic rings. The van der Waals surface area contributed by atoms with Crippen LogP contribution >= 0.6 is 0 Å². The Bertz CT molecular complexity index is 407. The molecule has 1 saturated heterocycles. The third kappa shape index (κ3) is 4.03. The lowest BCUT2D eigenvalue weighted by Crippen LogP contribution is -2.43. The molecule has 2 atom stereocenters. The van der Waals surface area contributed by atoms with Crippen molar-refractivity contribution in [1.82, 2.24) is 15.2 Å². The van der Waals surface area contributed by atoms with Crippen LogP contribution in [0.15, 0.2) is 24.4 Å². The van der Waals surface area contributed by atoms with Crippen LogP contribution in [-0.2, 0) is 11.2 Å². The van der Waals surface area contributed by atoms with Gasteiger partial charge in [-0.2, -0.15) is 0 Å². The number of hydrogen-bond acceptors (Lipinski definition) is 3. The van der Waals surface area contributed by atoms with Gasteiger partial charge in [0.05, 0.1) is 0 Å². The van der Waals surface area contributed by atoms with E-state index in [-0.39, 0.29) is 11.8 Å². The lowest BCUT2D eigenvalue weighted by atomic mass is 9.92. The van der Waals surface area contributed by atoms with Crippen molar-refractivity contribution in [3.05, 3.63) is 30.1 Å². The Labute approximate surface area is 115 Å². The molecule has 0 bridgehead atoms. The van der Waals surface area contributed by atoms with E-state index in [1.54, 1.807) is 6.20 Å². The number of hydrogen-bond donors (Lipinski definition) is 1. The normalized spacial score (nSPS) is 23.1. The van der Waals surface area contributed by atoms with E-state index in [0.717, 1.165) is 38.0 Å². The largest absolute Gasteiger partial charge is 0.345 e. The predicted octanol–water partition coefficient (Wildman–Crippen LogP) is 1.47. The van der Waals surface area contributed by atoms with Gasteiger partial charge in [-0.15, -0.1) is 0 Å². The summed E-state index contributed by atoms with van der Waals surface area (Å²) in [6, 6.07) is 6.35. The molecule has 19 heavy (non-hydrogen) atoms. The van der Waals surface area contributed by atoms with Crippen LogP contribution in [-0.4, -0.2) is 42.0 Å². The van der Waals surface area contributed by atoms with Crippen molar-refractivity contribution in [2.45, 2.75) is 32.2 Å². The van der Waals surface area contributed by atoms with Crippen LogP contribution in [0, 0.1) is 5.92 Å². The summed E-state index contributed by atoms with van der Waals surface area (Å²) in [6.45, 7) is 3.84. The van der Waals surface area contributed by atoms with E-state index in [1.165, 1.54) is 0 Å². The fourth-order valence-electron chi connectivity index (χ4n) is 2.61. The average Bonchev–Trinajstić information content (AvgIpc) is 2.45. The van der Waals surface area contributed by atoms with E-state index in [1.807, 2.05) is 30.1 Å². The number of pyridine rings is 1. The molecule has 1 amide bonds. The highest BCUT2D eigenvalue weighted by Crippen LogP contribution is 2.18. The van der Waals surface area contributed by atoms with Gasteiger partial charge < -0.3 is 10.2 Å². The molecule has 0 saturated carbocycles. The Kier molecular flexibility index (Phi) is 4.91. The van der Waals surface area contributed by atoms with E-state index in [2.05, 4.69) is 17.2 Å². The molecule has 1 aliphatic heterocycles. The summed E-state index contributed by atoms with van der Waals surface area (Å²) in [7, 11) is 1.90. The van der Waals surface area contributed by atoms with Crippen LogP contribution in [0.2, 0.25) is 0 Å². The lowest BCUT2D eigenvalue weighted by molar-refractivity contribution is -0.135. The van der Waals surface area contributed by atoms with Crippen molar-refractivity contribution in [1.29, 1.82) is 0 Å². The molecule has 4 heteroatoms. The molecule has 0 aromatic carbocycles. The number of nitrogens with one attached hydrogen (secondary N) is 1. The lowest BCUT2D eigenvalue weighted by Gasteiger charge is -2.30. The Morgan fingerprint density at radius 2 is 2.37 bits per heavy atom. The first-order chi connectivity index (χ1) is 9.16. The number of nitrogens with zero attached hydrogens (tertiary/aromatic N) is 2. The van der Waals surface area contributed by atoms with Gasteiger partial charge in [-0.1, -0.05) is 6.07 Å². The number of rotatable bonds is 4. The highest BCUT2D eigenvalue weighted by atomic mass is 16.2. The third-order valence-corrected chi connectivity index (χ3v) is 3.78. The Balaban J connectivity index is 1.82. The minimum atomic E-state index is 0.185. The zero-order chi connectivity index (χ0) is 13.7. The fraction of sp³-hybridized carbons (Fsp3) is 0.600. The molecule has 0 spiro atoms. The molecule has 1 N–H and O–H groups in total. The van der Waals surface area contributed by atoms with Crippen molar-refractivity contribution < 1.29 is 4.79 Å². The summed E-state index contributed by atoms with van der Waals surface area (Å²) < 4.78 is 0. The second kappa shape index (κ2) is 6.66. The van der Waals surface area contributed by atoms with E-state index in [9.17, 15) is 4.79 Å². The van der Waals surface area contributed by atoms with Crippen LogP contribution in [0.25, 0.3) is 0 Å². The maximum Gasteiger partial charge on any atom is 0.225 e. The summed E-state index contributed by atoms with van der Waals surface area (Å²) in [5, 5.41) is 3.38. The van der Waals surface area contributed by atoms with Gasteiger partial charge in [0.25, 0.3) is 0 Å². The molecule has 0 aliphatic carbocycles. The number of aromatic nitrogens is 1. The third-order valence-electron chi connectivity index (χ3n) is 3.78. The quantitative estimate of drug-likeness (QED) is 0.892.